The van der Waals surface area contributed by atoms with E-state index in [4.69, 9.17) is 4.74 Å². The number of para-hydroxylation sites is 1. The third kappa shape index (κ3) is 4.10. The van der Waals surface area contributed by atoms with Gasteiger partial charge in [-0.25, -0.2) is 0 Å². The second-order valence-electron chi connectivity index (χ2n) is 10.1. The molecule has 0 fully saturated rings. The molecule has 1 aromatic heterocycles. The van der Waals surface area contributed by atoms with E-state index in [1.165, 1.54) is 44.4 Å². The monoisotopic (exact) mass is 475 g/mol. The second-order valence-corrected chi connectivity index (χ2v) is 14.6. The predicted molar refractivity (Wildman–Crippen MR) is 152 cm³/mol. The molecule has 1 heterocycles. The van der Waals surface area contributed by atoms with Crippen LogP contribution in [-0.2, 0) is 0 Å². The van der Waals surface area contributed by atoms with Gasteiger partial charge in [0.1, 0.15) is 12.4 Å². The molecule has 176 valence electrons. The number of aromatic nitrogens is 1. The molecule has 1 aliphatic rings. The van der Waals surface area contributed by atoms with Gasteiger partial charge in [0.2, 0.25) is 0 Å². The van der Waals surface area contributed by atoms with Crippen molar-refractivity contribution in [3.8, 4) is 22.6 Å². The Kier molecular flexibility index (Phi) is 6.12. The third-order valence-corrected chi connectivity index (χ3v) is 11.2. The standard InChI is InChI=1S/C32H33NOSi/c1-6-19-34-31-28(25-13-9-7-10-14-25)20-23(2)21-30(31)35(4,5)32-24(3)22-29-27(32)17-18-33(29)26-15-11-8-12-16-26/h6-18,20-22,32H,1,19H2,2-5H3. The highest BCUT2D eigenvalue weighted by Crippen LogP contribution is 2.45. The predicted octanol–water partition coefficient (Wildman–Crippen LogP) is 7.67. The van der Waals surface area contributed by atoms with Gasteiger partial charge in [-0.2, -0.15) is 0 Å². The Hall–Kier alpha value is -3.56. The highest BCUT2D eigenvalue weighted by atomic mass is 28.3. The number of nitrogens with zero attached hydrogens (tertiary/aromatic N) is 1. The Balaban J connectivity index is 1.66. The van der Waals surface area contributed by atoms with Crippen LogP contribution in [0, 0.1) is 6.92 Å². The Bertz CT molecular complexity index is 1400. The third-order valence-electron chi connectivity index (χ3n) is 7.20. The van der Waals surface area contributed by atoms with Gasteiger partial charge >= 0.3 is 0 Å². The van der Waals surface area contributed by atoms with E-state index >= 15 is 0 Å². The average Bonchev–Trinajstić information content (AvgIpc) is 3.41. The van der Waals surface area contributed by atoms with Crippen LogP contribution in [0.5, 0.6) is 5.75 Å². The summed E-state index contributed by atoms with van der Waals surface area (Å²) < 4.78 is 8.79. The number of ether oxygens (including phenoxy) is 1. The van der Waals surface area contributed by atoms with Gasteiger partial charge in [-0.15, -0.1) is 0 Å². The molecule has 5 rings (SSSR count). The molecule has 4 aromatic rings. The number of hydrogen-bond donors (Lipinski definition) is 0. The van der Waals surface area contributed by atoms with E-state index in [1.807, 2.05) is 6.08 Å². The largest absolute Gasteiger partial charge is 0.489 e. The normalized spacial score (nSPS) is 15.0. The molecular formula is C32H33NOSi. The van der Waals surface area contributed by atoms with Crippen molar-refractivity contribution in [2.45, 2.75) is 32.5 Å². The van der Waals surface area contributed by atoms with Crippen LogP contribution in [0.25, 0.3) is 22.9 Å². The Morgan fingerprint density at radius 3 is 2.31 bits per heavy atom. The van der Waals surface area contributed by atoms with E-state index in [0.717, 1.165) is 5.75 Å². The molecule has 3 heteroatoms. The topological polar surface area (TPSA) is 14.2 Å². The summed E-state index contributed by atoms with van der Waals surface area (Å²) in [5, 5.41) is 1.37. The van der Waals surface area contributed by atoms with Gasteiger partial charge in [0.05, 0.1) is 8.07 Å². The van der Waals surface area contributed by atoms with Crippen LogP contribution in [0.15, 0.2) is 103 Å². The molecule has 1 atom stereocenters. The average molecular weight is 476 g/mol. The Labute approximate surface area is 210 Å². The van der Waals surface area contributed by atoms with Gasteiger partial charge < -0.3 is 9.30 Å². The summed E-state index contributed by atoms with van der Waals surface area (Å²) in [4.78, 5) is 0. The van der Waals surface area contributed by atoms with Crippen LogP contribution in [0.4, 0.5) is 0 Å². The lowest BCUT2D eigenvalue weighted by molar-refractivity contribution is 0.367. The molecule has 0 N–H and O–H groups in total. The molecule has 0 aliphatic heterocycles. The fraction of sp³-hybridized carbons (Fsp3) is 0.188. The fourth-order valence-corrected chi connectivity index (χ4v) is 9.66. The SMILES string of the molecule is C=CCOc1c(-c2ccccc2)cc(C)cc1[Si](C)(C)C1C(C)=Cc2c1ccn2-c1ccccc1. The van der Waals surface area contributed by atoms with Crippen molar-refractivity contribution < 1.29 is 4.74 Å². The molecule has 1 aliphatic carbocycles. The van der Waals surface area contributed by atoms with Gasteiger partial charge in [-0.05, 0) is 60.5 Å². The lowest BCUT2D eigenvalue weighted by Crippen LogP contribution is -2.48. The lowest BCUT2D eigenvalue weighted by atomic mass is 10.0. The number of fused-ring (bicyclic) bond motifs is 1. The summed E-state index contributed by atoms with van der Waals surface area (Å²) in [6, 6.07) is 28.2. The van der Waals surface area contributed by atoms with Crippen LogP contribution in [-0.4, -0.2) is 19.2 Å². The minimum absolute atomic E-state index is 0.388. The number of benzene rings is 3. The van der Waals surface area contributed by atoms with Crippen molar-refractivity contribution in [3.05, 3.63) is 120 Å². The molecule has 0 spiro atoms. The molecule has 0 amide bonds. The first-order valence-electron chi connectivity index (χ1n) is 12.3. The molecule has 0 saturated carbocycles. The van der Waals surface area contributed by atoms with Crippen molar-refractivity contribution in [2.24, 2.45) is 0 Å². The van der Waals surface area contributed by atoms with Gasteiger partial charge in [0.25, 0.3) is 0 Å². The fourth-order valence-electron chi connectivity index (χ4n) is 5.71. The van der Waals surface area contributed by atoms with E-state index in [9.17, 15) is 0 Å². The van der Waals surface area contributed by atoms with Crippen molar-refractivity contribution in [1.82, 2.24) is 4.57 Å². The van der Waals surface area contributed by atoms with Gasteiger partial charge in [-0.3, -0.25) is 0 Å². The van der Waals surface area contributed by atoms with Gasteiger partial charge in [0, 0.05) is 28.7 Å². The molecule has 0 bridgehead atoms. The van der Waals surface area contributed by atoms with E-state index in [0.29, 0.717) is 12.1 Å². The van der Waals surface area contributed by atoms with Crippen LogP contribution in [0.2, 0.25) is 13.1 Å². The Morgan fingerprint density at radius 1 is 0.943 bits per heavy atom. The maximum atomic E-state index is 6.46. The van der Waals surface area contributed by atoms with Gasteiger partial charge in [0.15, 0.2) is 0 Å². The molecule has 35 heavy (non-hydrogen) atoms. The Morgan fingerprint density at radius 2 is 1.63 bits per heavy atom. The van der Waals surface area contributed by atoms with E-state index < -0.39 is 8.07 Å². The summed E-state index contributed by atoms with van der Waals surface area (Å²) >= 11 is 0. The highest BCUT2D eigenvalue weighted by Gasteiger charge is 2.42. The maximum absolute atomic E-state index is 6.46. The maximum Gasteiger partial charge on any atom is 0.126 e. The van der Waals surface area contributed by atoms with Crippen molar-refractivity contribution in [1.29, 1.82) is 0 Å². The minimum atomic E-state index is -2.08. The molecule has 2 nitrogen and oxygen atoms in total. The lowest BCUT2D eigenvalue weighted by Gasteiger charge is -2.34. The van der Waals surface area contributed by atoms with E-state index in [-0.39, 0.29) is 0 Å². The first-order valence-corrected chi connectivity index (χ1v) is 15.4. The summed E-state index contributed by atoms with van der Waals surface area (Å²) in [5.41, 5.74) is 9.40. The van der Waals surface area contributed by atoms with Gasteiger partial charge in [-0.1, -0.05) is 91.5 Å². The molecule has 1 unspecified atom stereocenters. The zero-order valence-corrected chi connectivity index (χ0v) is 22.1. The summed E-state index contributed by atoms with van der Waals surface area (Å²) in [6.07, 6.45) is 6.45. The molecular weight excluding hydrogens is 442 g/mol. The minimum Gasteiger partial charge on any atom is -0.489 e. The van der Waals surface area contributed by atoms with Crippen LogP contribution in [0.3, 0.4) is 0 Å². The molecule has 0 radical (unpaired) electrons. The van der Waals surface area contributed by atoms with Crippen molar-refractivity contribution in [2.75, 3.05) is 6.61 Å². The zero-order chi connectivity index (χ0) is 24.6. The van der Waals surface area contributed by atoms with Crippen molar-refractivity contribution >= 4 is 19.3 Å². The molecule has 3 aromatic carbocycles. The second kappa shape index (κ2) is 9.24. The summed E-state index contributed by atoms with van der Waals surface area (Å²) in [6.45, 7) is 13.9. The smallest absolute Gasteiger partial charge is 0.126 e. The summed E-state index contributed by atoms with van der Waals surface area (Å²) in [5.74, 6) is 1.02. The number of allylic oxidation sites excluding steroid dienone is 1. The zero-order valence-electron chi connectivity index (χ0n) is 21.1. The number of rotatable bonds is 7. The van der Waals surface area contributed by atoms with E-state index in [1.54, 1.807) is 0 Å². The van der Waals surface area contributed by atoms with Crippen LogP contribution in [0.1, 0.15) is 29.3 Å². The first-order chi connectivity index (χ1) is 16.9. The van der Waals surface area contributed by atoms with Crippen LogP contribution >= 0.6 is 0 Å². The van der Waals surface area contributed by atoms with Crippen LogP contribution < -0.4 is 9.92 Å². The molecule has 0 saturated heterocycles. The highest BCUT2D eigenvalue weighted by molar-refractivity contribution is 6.92. The van der Waals surface area contributed by atoms with Crippen molar-refractivity contribution in [3.63, 3.8) is 0 Å². The van der Waals surface area contributed by atoms with E-state index in [2.05, 4.69) is 129 Å². The summed E-state index contributed by atoms with van der Waals surface area (Å²) in [7, 11) is -2.08. The quantitative estimate of drug-likeness (QED) is 0.198. The first kappa shape index (κ1) is 23.2. The number of aryl methyl sites for hydroxylation is 1. The number of hydrogen-bond acceptors (Lipinski definition) is 1.